The molecule has 0 fully saturated rings. The fourth-order valence-electron chi connectivity index (χ4n) is 2.17. The molecule has 0 saturated carbocycles. The van der Waals surface area contributed by atoms with E-state index in [1.165, 1.54) is 0 Å². The minimum atomic E-state index is 0.105. The summed E-state index contributed by atoms with van der Waals surface area (Å²) in [5.74, 6) is 0.105. The number of hydrogen-bond acceptors (Lipinski definition) is 2. The minimum Gasteiger partial charge on any atom is -0.331 e. The van der Waals surface area contributed by atoms with Gasteiger partial charge in [-0.15, -0.1) is 0 Å². The van der Waals surface area contributed by atoms with Crippen molar-refractivity contribution in [2.75, 3.05) is 0 Å². The first-order chi connectivity index (χ1) is 9.24. The SMILES string of the molecule is O=C(Cc1cccc2[nH]c(=S)[nH]c12)c1ccccc1. The van der Waals surface area contributed by atoms with Crippen LogP contribution in [0.2, 0.25) is 0 Å². The molecule has 1 aromatic heterocycles. The molecule has 19 heavy (non-hydrogen) atoms. The predicted octanol–water partition coefficient (Wildman–Crippen LogP) is 3.65. The monoisotopic (exact) mass is 268 g/mol. The van der Waals surface area contributed by atoms with Crippen molar-refractivity contribution in [3.8, 4) is 0 Å². The lowest BCUT2D eigenvalue weighted by Gasteiger charge is -2.02. The van der Waals surface area contributed by atoms with Gasteiger partial charge in [0, 0.05) is 12.0 Å². The van der Waals surface area contributed by atoms with Crippen LogP contribution in [0.5, 0.6) is 0 Å². The number of hydrogen-bond donors (Lipinski definition) is 2. The van der Waals surface area contributed by atoms with E-state index < -0.39 is 0 Å². The zero-order valence-corrected chi connectivity index (χ0v) is 11.0. The van der Waals surface area contributed by atoms with Crippen molar-refractivity contribution in [2.24, 2.45) is 0 Å². The van der Waals surface area contributed by atoms with Crippen LogP contribution >= 0.6 is 12.2 Å². The van der Waals surface area contributed by atoms with Gasteiger partial charge in [-0.1, -0.05) is 42.5 Å². The van der Waals surface area contributed by atoms with Crippen LogP contribution in [0.4, 0.5) is 0 Å². The van der Waals surface area contributed by atoms with Gasteiger partial charge < -0.3 is 9.97 Å². The van der Waals surface area contributed by atoms with E-state index in [1.807, 2.05) is 48.5 Å². The van der Waals surface area contributed by atoms with E-state index >= 15 is 0 Å². The van der Waals surface area contributed by atoms with Gasteiger partial charge in [-0.25, -0.2) is 0 Å². The van der Waals surface area contributed by atoms with Gasteiger partial charge in [0.15, 0.2) is 10.6 Å². The molecule has 2 N–H and O–H groups in total. The summed E-state index contributed by atoms with van der Waals surface area (Å²) in [4.78, 5) is 18.4. The van der Waals surface area contributed by atoms with Gasteiger partial charge in [0.2, 0.25) is 0 Å². The summed E-state index contributed by atoms with van der Waals surface area (Å²) in [5.41, 5.74) is 3.53. The molecule has 3 aromatic rings. The van der Waals surface area contributed by atoms with E-state index in [2.05, 4.69) is 9.97 Å². The third kappa shape index (κ3) is 2.35. The zero-order chi connectivity index (χ0) is 13.2. The third-order valence-electron chi connectivity index (χ3n) is 3.08. The number of nitrogens with one attached hydrogen (secondary N) is 2. The Hall–Kier alpha value is -2.20. The standard InChI is InChI=1S/C15H12N2OS/c18-13(10-5-2-1-3-6-10)9-11-7-4-8-12-14(11)17-15(19)16-12/h1-8H,9H2,(H2,16,17,19). The second kappa shape index (κ2) is 4.82. The second-order valence-electron chi connectivity index (χ2n) is 4.38. The minimum absolute atomic E-state index is 0.105. The average Bonchev–Trinajstić information content (AvgIpc) is 2.81. The van der Waals surface area contributed by atoms with Crippen LogP contribution in [0.15, 0.2) is 48.5 Å². The van der Waals surface area contributed by atoms with Crippen LogP contribution in [0, 0.1) is 4.77 Å². The average molecular weight is 268 g/mol. The molecule has 4 heteroatoms. The molecule has 2 aromatic carbocycles. The van der Waals surface area contributed by atoms with E-state index in [0.29, 0.717) is 11.2 Å². The number of aromatic nitrogens is 2. The molecular formula is C15H12N2OS. The molecule has 0 aliphatic heterocycles. The van der Waals surface area contributed by atoms with Crippen LogP contribution in [-0.4, -0.2) is 15.8 Å². The number of carbonyl (C=O) groups is 1. The van der Waals surface area contributed by atoms with Gasteiger partial charge in [-0.05, 0) is 23.8 Å². The molecule has 94 valence electrons. The molecule has 0 unspecified atom stereocenters. The van der Waals surface area contributed by atoms with Gasteiger partial charge >= 0.3 is 0 Å². The lowest BCUT2D eigenvalue weighted by Crippen LogP contribution is -2.03. The number of H-pyrrole nitrogens is 2. The highest BCUT2D eigenvalue weighted by Crippen LogP contribution is 2.17. The Morgan fingerprint density at radius 2 is 1.79 bits per heavy atom. The van der Waals surface area contributed by atoms with E-state index in [9.17, 15) is 4.79 Å². The molecule has 0 bridgehead atoms. The Labute approximate surface area is 115 Å². The van der Waals surface area contributed by atoms with E-state index in [1.54, 1.807) is 0 Å². The van der Waals surface area contributed by atoms with E-state index in [4.69, 9.17) is 12.2 Å². The summed E-state index contributed by atoms with van der Waals surface area (Å²) in [6.07, 6.45) is 0.366. The molecule has 0 amide bonds. The van der Waals surface area contributed by atoms with Crippen LogP contribution in [-0.2, 0) is 6.42 Å². The fraction of sp³-hybridized carbons (Fsp3) is 0.0667. The number of para-hydroxylation sites is 1. The quantitative estimate of drug-likeness (QED) is 0.562. The van der Waals surface area contributed by atoms with Crippen molar-refractivity contribution < 1.29 is 4.79 Å². The predicted molar refractivity (Wildman–Crippen MR) is 78.0 cm³/mol. The summed E-state index contributed by atoms with van der Waals surface area (Å²) in [6, 6.07) is 15.1. The Balaban J connectivity index is 1.98. The highest BCUT2D eigenvalue weighted by atomic mass is 32.1. The maximum atomic E-state index is 12.2. The first kappa shape index (κ1) is 11.9. The molecule has 3 nitrogen and oxygen atoms in total. The first-order valence-electron chi connectivity index (χ1n) is 6.02. The number of Topliss-reactive ketones (excluding diaryl/α,β-unsaturated/α-hetero) is 1. The maximum Gasteiger partial charge on any atom is 0.175 e. The number of aromatic amines is 2. The lowest BCUT2D eigenvalue weighted by molar-refractivity contribution is 0.0993. The fourth-order valence-corrected chi connectivity index (χ4v) is 2.38. The van der Waals surface area contributed by atoms with E-state index in [-0.39, 0.29) is 5.78 Å². The van der Waals surface area contributed by atoms with Crippen molar-refractivity contribution in [2.45, 2.75) is 6.42 Å². The smallest absolute Gasteiger partial charge is 0.175 e. The third-order valence-corrected chi connectivity index (χ3v) is 3.29. The highest BCUT2D eigenvalue weighted by Gasteiger charge is 2.10. The normalized spacial score (nSPS) is 10.7. The largest absolute Gasteiger partial charge is 0.331 e. The maximum absolute atomic E-state index is 12.2. The summed E-state index contributed by atoms with van der Waals surface area (Å²) >= 11 is 5.08. The van der Waals surface area contributed by atoms with E-state index in [0.717, 1.165) is 22.2 Å². The van der Waals surface area contributed by atoms with Crippen LogP contribution in [0.3, 0.4) is 0 Å². The molecule has 1 heterocycles. The van der Waals surface area contributed by atoms with Crippen LogP contribution in [0.1, 0.15) is 15.9 Å². The Kier molecular flexibility index (Phi) is 3.01. The molecule has 0 aliphatic carbocycles. The lowest BCUT2D eigenvalue weighted by atomic mass is 10.0. The number of imidazole rings is 1. The zero-order valence-electron chi connectivity index (χ0n) is 10.1. The number of rotatable bonds is 3. The molecule has 0 saturated heterocycles. The van der Waals surface area contributed by atoms with Gasteiger partial charge in [-0.3, -0.25) is 4.79 Å². The van der Waals surface area contributed by atoms with Crippen molar-refractivity contribution in [3.05, 3.63) is 64.4 Å². The first-order valence-corrected chi connectivity index (χ1v) is 6.43. The van der Waals surface area contributed by atoms with Gasteiger partial charge in [0.05, 0.1) is 11.0 Å². The summed E-state index contributed by atoms with van der Waals surface area (Å²) in [7, 11) is 0. The van der Waals surface area contributed by atoms with Crippen molar-refractivity contribution >= 4 is 29.0 Å². The summed E-state index contributed by atoms with van der Waals surface area (Å²) in [6.45, 7) is 0. The van der Waals surface area contributed by atoms with Crippen LogP contribution < -0.4 is 0 Å². The van der Waals surface area contributed by atoms with Crippen molar-refractivity contribution in [1.29, 1.82) is 0 Å². The molecule has 0 aliphatic rings. The Morgan fingerprint density at radius 1 is 1.00 bits per heavy atom. The van der Waals surface area contributed by atoms with Gasteiger partial charge in [0.25, 0.3) is 0 Å². The Morgan fingerprint density at radius 3 is 2.58 bits per heavy atom. The summed E-state index contributed by atoms with van der Waals surface area (Å²) < 4.78 is 0.578. The number of ketones is 1. The van der Waals surface area contributed by atoms with Gasteiger partial charge in [0.1, 0.15) is 0 Å². The number of benzene rings is 2. The molecule has 0 atom stereocenters. The van der Waals surface area contributed by atoms with Crippen molar-refractivity contribution in [1.82, 2.24) is 9.97 Å². The molecule has 0 spiro atoms. The summed E-state index contributed by atoms with van der Waals surface area (Å²) in [5, 5.41) is 0. The number of carbonyl (C=O) groups excluding carboxylic acids is 1. The molecule has 3 rings (SSSR count). The topological polar surface area (TPSA) is 48.6 Å². The van der Waals surface area contributed by atoms with Crippen LogP contribution in [0.25, 0.3) is 11.0 Å². The van der Waals surface area contributed by atoms with Gasteiger partial charge in [-0.2, -0.15) is 0 Å². The Bertz CT molecular complexity index is 787. The van der Waals surface area contributed by atoms with Crippen molar-refractivity contribution in [3.63, 3.8) is 0 Å². The second-order valence-corrected chi connectivity index (χ2v) is 4.79. The number of fused-ring (bicyclic) bond motifs is 1. The molecule has 0 radical (unpaired) electrons. The highest BCUT2D eigenvalue weighted by molar-refractivity contribution is 7.71. The molecular weight excluding hydrogens is 256 g/mol.